The molecule has 0 spiro atoms. The number of hydrogen-bond acceptors (Lipinski definition) is 5. The van der Waals surface area contributed by atoms with Crippen LogP contribution in [0, 0.1) is 17.5 Å². The molecule has 0 saturated carbocycles. The number of aromatic nitrogens is 3. The lowest BCUT2D eigenvalue weighted by molar-refractivity contribution is -0.143. The highest BCUT2D eigenvalue weighted by molar-refractivity contribution is 5.95. The molecule has 1 atom stereocenters. The van der Waals surface area contributed by atoms with Gasteiger partial charge in [0.15, 0.2) is 5.69 Å². The fourth-order valence-electron chi connectivity index (χ4n) is 5.38. The zero-order chi connectivity index (χ0) is 33.3. The maximum Gasteiger partial charge on any atom is 0.435 e. The van der Waals surface area contributed by atoms with Crippen molar-refractivity contribution in [2.75, 3.05) is 7.05 Å². The summed E-state index contributed by atoms with van der Waals surface area (Å²) in [6, 6.07) is 8.54. The van der Waals surface area contributed by atoms with E-state index in [0.29, 0.717) is 17.2 Å². The van der Waals surface area contributed by atoms with Crippen molar-refractivity contribution in [3.8, 4) is 11.1 Å². The van der Waals surface area contributed by atoms with Gasteiger partial charge in [0.05, 0.1) is 36.1 Å². The largest absolute Gasteiger partial charge is 0.435 e. The van der Waals surface area contributed by atoms with E-state index in [0.717, 1.165) is 22.9 Å². The number of amides is 3. The maximum absolute atomic E-state index is 14.5. The van der Waals surface area contributed by atoms with Gasteiger partial charge in [-0.1, -0.05) is 12.1 Å². The molecule has 1 aliphatic heterocycles. The Hall–Kier alpha value is -5.21. The summed E-state index contributed by atoms with van der Waals surface area (Å²) in [5.41, 5.74) is -0.676. The van der Waals surface area contributed by atoms with Gasteiger partial charge in [-0.2, -0.15) is 18.3 Å². The second kappa shape index (κ2) is 12.7. The number of benzene rings is 2. The Balaban J connectivity index is 1.53. The molecule has 0 bridgehead atoms. The standard InChI is InChI=1S/C31H26F6N6O3/c1-16(44)42-13-23-26(14-42)43(41-29(23)31(35,36)37)15-27(45)40-25(10-17-8-19(32)12-20(33)9-17)28-21(4-3-7-39-28)18-5-6-24(34)22(11-18)30(46)38-2/h3-9,11-12,25H,10,13-15H2,1-2H3,(H,38,46)(H,40,45)/t25-/m0/s1. The van der Waals surface area contributed by atoms with E-state index in [1.165, 1.54) is 37.2 Å². The van der Waals surface area contributed by atoms with Crippen LogP contribution in [0.15, 0.2) is 54.7 Å². The topological polar surface area (TPSA) is 109 Å². The second-order valence-corrected chi connectivity index (χ2v) is 10.6. The van der Waals surface area contributed by atoms with Gasteiger partial charge in [-0.3, -0.25) is 24.0 Å². The first-order valence-corrected chi connectivity index (χ1v) is 13.9. The van der Waals surface area contributed by atoms with E-state index < -0.39 is 59.6 Å². The van der Waals surface area contributed by atoms with Crippen molar-refractivity contribution in [1.29, 1.82) is 0 Å². The average Bonchev–Trinajstić information content (AvgIpc) is 3.57. The van der Waals surface area contributed by atoms with Crippen molar-refractivity contribution in [1.82, 2.24) is 30.3 Å². The predicted octanol–water partition coefficient (Wildman–Crippen LogP) is 4.70. The summed E-state index contributed by atoms with van der Waals surface area (Å²) >= 11 is 0. The van der Waals surface area contributed by atoms with Gasteiger partial charge in [0.25, 0.3) is 5.91 Å². The first kappa shape index (κ1) is 32.2. The Morgan fingerprint density at radius 2 is 1.72 bits per heavy atom. The molecule has 0 aliphatic carbocycles. The Kier molecular flexibility index (Phi) is 8.85. The molecule has 3 amide bonds. The number of nitrogens with zero attached hydrogens (tertiary/aromatic N) is 4. The third kappa shape index (κ3) is 6.72. The SMILES string of the molecule is CNC(=O)c1cc(-c2cccnc2[C@H](Cc2cc(F)cc(F)c2)NC(=O)Cn2nc(C(F)(F)F)c3c2CN(C(C)=O)C3)ccc1F. The van der Waals surface area contributed by atoms with Gasteiger partial charge >= 0.3 is 6.18 Å². The summed E-state index contributed by atoms with van der Waals surface area (Å²) in [6.45, 7) is 0.0297. The average molecular weight is 645 g/mol. The van der Waals surface area contributed by atoms with Crippen LogP contribution >= 0.6 is 0 Å². The van der Waals surface area contributed by atoms with Crippen LogP contribution in [0.4, 0.5) is 26.3 Å². The zero-order valence-corrected chi connectivity index (χ0v) is 24.4. The summed E-state index contributed by atoms with van der Waals surface area (Å²) in [7, 11) is 1.33. The summed E-state index contributed by atoms with van der Waals surface area (Å²) in [4.78, 5) is 43.2. The van der Waals surface area contributed by atoms with E-state index in [-0.39, 0.29) is 47.6 Å². The van der Waals surface area contributed by atoms with Crippen molar-refractivity contribution in [2.45, 2.75) is 45.2 Å². The van der Waals surface area contributed by atoms with Gasteiger partial charge < -0.3 is 15.5 Å². The second-order valence-electron chi connectivity index (χ2n) is 10.6. The molecule has 0 unspecified atom stereocenters. The first-order valence-electron chi connectivity index (χ1n) is 13.9. The van der Waals surface area contributed by atoms with Crippen molar-refractivity contribution in [3.63, 3.8) is 0 Å². The van der Waals surface area contributed by atoms with E-state index in [4.69, 9.17) is 0 Å². The molecule has 1 aliphatic rings. The Bertz CT molecular complexity index is 1820. The number of pyridine rings is 1. The highest BCUT2D eigenvalue weighted by atomic mass is 19.4. The van der Waals surface area contributed by atoms with Gasteiger partial charge in [-0.15, -0.1) is 0 Å². The van der Waals surface area contributed by atoms with Crippen LogP contribution in [0.5, 0.6) is 0 Å². The van der Waals surface area contributed by atoms with Crippen LogP contribution in [-0.2, 0) is 41.8 Å². The molecular weight excluding hydrogens is 618 g/mol. The first-order chi connectivity index (χ1) is 21.7. The number of hydrogen-bond donors (Lipinski definition) is 2. The third-order valence-electron chi connectivity index (χ3n) is 7.48. The zero-order valence-electron chi connectivity index (χ0n) is 24.4. The minimum Gasteiger partial charge on any atom is -0.355 e. The summed E-state index contributed by atoms with van der Waals surface area (Å²) in [6.07, 6.45) is -3.66. The predicted molar refractivity (Wildman–Crippen MR) is 151 cm³/mol. The van der Waals surface area contributed by atoms with Crippen LogP contribution in [0.3, 0.4) is 0 Å². The van der Waals surface area contributed by atoms with E-state index >= 15 is 0 Å². The van der Waals surface area contributed by atoms with Crippen molar-refractivity contribution in [3.05, 3.63) is 106 Å². The van der Waals surface area contributed by atoms with Gasteiger partial charge in [-0.25, -0.2) is 13.2 Å². The molecule has 2 aromatic carbocycles. The molecule has 3 heterocycles. The number of nitrogens with one attached hydrogen (secondary N) is 2. The van der Waals surface area contributed by atoms with Crippen molar-refractivity contribution >= 4 is 17.7 Å². The van der Waals surface area contributed by atoms with E-state index in [9.17, 15) is 40.7 Å². The minimum atomic E-state index is -4.84. The van der Waals surface area contributed by atoms with Crippen LogP contribution in [0.25, 0.3) is 11.1 Å². The number of alkyl halides is 3. The number of rotatable bonds is 8. The Morgan fingerprint density at radius 1 is 1.00 bits per heavy atom. The smallest absolute Gasteiger partial charge is 0.355 e. The Morgan fingerprint density at radius 3 is 2.37 bits per heavy atom. The molecule has 5 rings (SSSR count). The summed E-state index contributed by atoms with van der Waals surface area (Å²) in [5.74, 6) is -4.51. The normalized spacial score (nSPS) is 13.3. The van der Waals surface area contributed by atoms with E-state index in [1.54, 1.807) is 12.1 Å². The quantitative estimate of drug-likeness (QED) is 0.271. The van der Waals surface area contributed by atoms with Gasteiger partial charge in [-0.05, 0) is 47.9 Å². The lowest BCUT2D eigenvalue weighted by Crippen LogP contribution is -2.34. The number of carbonyl (C=O) groups excluding carboxylic acids is 3. The van der Waals surface area contributed by atoms with Gasteiger partial charge in [0.2, 0.25) is 11.8 Å². The fraction of sp³-hybridized carbons (Fsp3) is 0.258. The number of halogens is 6. The van der Waals surface area contributed by atoms with Crippen LogP contribution in [0.1, 0.15) is 51.5 Å². The summed E-state index contributed by atoms with van der Waals surface area (Å²) in [5, 5.41) is 8.67. The highest BCUT2D eigenvalue weighted by Crippen LogP contribution is 2.37. The molecule has 0 fully saturated rings. The van der Waals surface area contributed by atoms with Crippen LogP contribution in [-0.4, -0.2) is 44.4 Å². The van der Waals surface area contributed by atoms with E-state index in [2.05, 4.69) is 20.7 Å². The molecule has 240 valence electrons. The highest BCUT2D eigenvalue weighted by Gasteiger charge is 2.42. The summed E-state index contributed by atoms with van der Waals surface area (Å²) < 4.78 is 85.0. The van der Waals surface area contributed by atoms with Crippen molar-refractivity contribution < 1.29 is 40.7 Å². The van der Waals surface area contributed by atoms with Gasteiger partial charge in [0.1, 0.15) is 24.0 Å². The molecule has 0 saturated heterocycles. The molecule has 46 heavy (non-hydrogen) atoms. The minimum absolute atomic E-state index is 0.0491. The lowest BCUT2D eigenvalue weighted by atomic mass is 9.94. The maximum atomic E-state index is 14.5. The molecule has 4 aromatic rings. The molecule has 15 heteroatoms. The van der Waals surface area contributed by atoms with E-state index in [1.807, 2.05) is 0 Å². The molecule has 9 nitrogen and oxygen atoms in total. The van der Waals surface area contributed by atoms with Crippen molar-refractivity contribution in [2.24, 2.45) is 0 Å². The molecule has 2 N–H and O–H groups in total. The third-order valence-corrected chi connectivity index (χ3v) is 7.48. The number of fused-ring (bicyclic) bond motifs is 1. The monoisotopic (exact) mass is 644 g/mol. The fourth-order valence-corrected chi connectivity index (χ4v) is 5.38. The molecular formula is C31H26F6N6O3. The van der Waals surface area contributed by atoms with Crippen LogP contribution < -0.4 is 10.6 Å². The van der Waals surface area contributed by atoms with Crippen LogP contribution in [0.2, 0.25) is 0 Å². The lowest BCUT2D eigenvalue weighted by Gasteiger charge is -2.22. The molecule has 0 radical (unpaired) electrons. The van der Waals surface area contributed by atoms with Gasteiger partial charge in [0, 0.05) is 37.4 Å². The molecule has 2 aromatic heterocycles. The number of carbonyl (C=O) groups is 3. The Labute approximate surface area is 258 Å².